The van der Waals surface area contributed by atoms with Crippen LogP contribution in [0.1, 0.15) is 15.9 Å². The Hall–Kier alpha value is -1.57. The smallest absolute Gasteiger partial charge is 0.340 e. The van der Waals surface area contributed by atoms with Gasteiger partial charge in [0.15, 0.2) is 0 Å². The van der Waals surface area contributed by atoms with Gasteiger partial charge in [-0.3, -0.25) is 4.72 Å². The number of carbonyl (C=O) groups excluding carboxylic acids is 1. The van der Waals surface area contributed by atoms with Crippen LogP contribution in [-0.4, -0.2) is 21.5 Å². The summed E-state index contributed by atoms with van der Waals surface area (Å²) in [6, 6.07) is 4.43. The summed E-state index contributed by atoms with van der Waals surface area (Å²) >= 11 is 7.14. The minimum atomic E-state index is -3.82. The van der Waals surface area contributed by atoms with Crippen LogP contribution >= 0.6 is 22.9 Å². The van der Waals surface area contributed by atoms with E-state index < -0.39 is 16.0 Å². The molecule has 2 aromatic rings. The number of sulfonamides is 1. The fraction of sp³-hybridized carbons (Fsp3) is 0.154. The van der Waals surface area contributed by atoms with Gasteiger partial charge >= 0.3 is 5.97 Å². The first-order valence-corrected chi connectivity index (χ1v) is 8.59. The van der Waals surface area contributed by atoms with E-state index in [1.165, 1.54) is 41.3 Å². The van der Waals surface area contributed by atoms with Crippen molar-refractivity contribution in [1.29, 1.82) is 0 Å². The average molecular weight is 346 g/mol. The van der Waals surface area contributed by atoms with E-state index in [1.807, 2.05) is 0 Å². The number of anilines is 1. The topological polar surface area (TPSA) is 72.5 Å². The van der Waals surface area contributed by atoms with Gasteiger partial charge in [0.1, 0.15) is 0 Å². The molecule has 1 N–H and O–H groups in total. The summed E-state index contributed by atoms with van der Waals surface area (Å²) in [7, 11) is -2.59. The Labute approximate surface area is 131 Å². The molecule has 0 fully saturated rings. The standard InChI is InChI=1S/C13H12ClNO4S2/c1-8-3-4-9(5-11(8)14)21(17,18)15-12-7-20-6-10(12)13(16)19-2/h3-7,15H,1-2H3. The molecule has 0 amide bonds. The summed E-state index contributed by atoms with van der Waals surface area (Å²) < 4.78 is 31.6. The number of carbonyl (C=O) groups is 1. The van der Waals surface area contributed by atoms with Gasteiger partial charge in [0.2, 0.25) is 0 Å². The third-order valence-corrected chi connectivity index (χ3v) is 5.28. The van der Waals surface area contributed by atoms with E-state index in [1.54, 1.807) is 13.0 Å². The molecule has 0 saturated heterocycles. The van der Waals surface area contributed by atoms with Gasteiger partial charge in [-0.1, -0.05) is 17.7 Å². The molecule has 0 aliphatic carbocycles. The van der Waals surface area contributed by atoms with Crippen molar-refractivity contribution in [3.8, 4) is 0 Å². The lowest BCUT2D eigenvalue weighted by atomic mass is 10.2. The lowest BCUT2D eigenvalue weighted by Crippen LogP contribution is -2.15. The second kappa shape index (κ2) is 6.05. The largest absolute Gasteiger partial charge is 0.465 e. The van der Waals surface area contributed by atoms with Crippen LogP contribution in [0.25, 0.3) is 0 Å². The van der Waals surface area contributed by atoms with Gasteiger partial charge in [-0.05, 0) is 24.6 Å². The molecule has 1 aromatic carbocycles. The van der Waals surface area contributed by atoms with Crippen molar-refractivity contribution in [1.82, 2.24) is 0 Å². The number of rotatable bonds is 4. The van der Waals surface area contributed by atoms with Crippen LogP contribution in [-0.2, 0) is 14.8 Å². The molecule has 2 rings (SSSR count). The zero-order valence-electron chi connectivity index (χ0n) is 11.2. The number of halogens is 1. The van der Waals surface area contributed by atoms with Crippen molar-refractivity contribution in [3.05, 3.63) is 45.1 Å². The maximum absolute atomic E-state index is 12.3. The molecule has 0 saturated carbocycles. The Bertz CT molecular complexity index is 783. The second-order valence-corrected chi connectivity index (χ2v) is 7.04. The van der Waals surface area contributed by atoms with E-state index in [4.69, 9.17) is 11.6 Å². The van der Waals surface area contributed by atoms with E-state index in [9.17, 15) is 13.2 Å². The Morgan fingerprint density at radius 3 is 2.67 bits per heavy atom. The Balaban J connectivity index is 2.36. The number of nitrogens with one attached hydrogen (secondary N) is 1. The highest BCUT2D eigenvalue weighted by Gasteiger charge is 2.20. The van der Waals surface area contributed by atoms with Crippen LogP contribution in [0.5, 0.6) is 0 Å². The molecule has 0 unspecified atom stereocenters. The molecule has 1 heterocycles. The molecule has 0 radical (unpaired) electrons. The predicted octanol–water partition coefficient (Wildman–Crippen LogP) is 3.30. The van der Waals surface area contributed by atoms with Crippen LogP contribution in [0.2, 0.25) is 5.02 Å². The minimum absolute atomic E-state index is 0.0279. The zero-order valence-corrected chi connectivity index (χ0v) is 13.6. The summed E-state index contributed by atoms with van der Waals surface area (Å²) in [5.74, 6) is -0.601. The van der Waals surface area contributed by atoms with Gasteiger partial charge in [-0.15, -0.1) is 11.3 Å². The molecule has 0 atom stereocenters. The third-order valence-electron chi connectivity index (χ3n) is 2.77. The summed E-state index contributed by atoms with van der Waals surface area (Å²) in [5, 5.41) is 3.40. The summed E-state index contributed by atoms with van der Waals surface area (Å²) in [6.45, 7) is 1.78. The Morgan fingerprint density at radius 2 is 2.05 bits per heavy atom. The number of benzene rings is 1. The molecule has 0 aliphatic rings. The monoisotopic (exact) mass is 345 g/mol. The number of aryl methyl sites for hydroxylation is 1. The number of methoxy groups -OCH3 is 1. The summed E-state index contributed by atoms with van der Waals surface area (Å²) in [6.07, 6.45) is 0. The SMILES string of the molecule is COC(=O)c1cscc1NS(=O)(=O)c1ccc(C)c(Cl)c1. The quantitative estimate of drug-likeness (QED) is 0.863. The van der Waals surface area contributed by atoms with Gasteiger partial charge in [-0.2, -0.15) is 0 Å². The van der Waals surface area contributed by atoms with E-state index in [2.05, 4.69) is 9.46 Å². The number of hydrogen-bond acceptors (Lipinski definition) is 5. The zero-order chi connectivity index (χ0) is 15.6. The van der Waals surface area contributed by atoms with Crippen molar-refractivity contribution in [2.75, 3.05) is 11.8 Å². The average Bonchev–Trinajstić information content (AvgIpc) is 2.88. The fourth-order valence-corrected chi connectivity index (χ4v) is 3.75. The summed E-state index contributed by atoms with van der Waals surface area (Å²) in [4.78, 5) is 11.6. The maximum atomic E-state index is 12.3. The van der Waals surface area contributed by atoms with Crippen molar-refractivity contribution in [2.45, 2.75) is 11.8 Å². The lowest BCUT2D eigenvalue weighted by molar-refractivity contribution is 0.0602. The first kappa shape index (κ1) is 15.8. The molecule has 8 heteroatoms. The van der Waals surface area contributed by atoms with Crippen molar-refractivity contribution >= 4 is 44.6 Å². The highest BCUT2D eigenvalue weighted by molar-refractivity contribution is 7.92. The van der Waals surface area contributed by atoms with E-state index >= 15 is 0 Å². The molecule has 0 bridgehead atoms. The minimum Gasteiger partial charge on any atom is -0.465 e. The molecule has 5 nitrogen and oxygen atoms in total. The Kier molecular flexibility index (Phi) is 4.55. The van der Waals surface area contributed by atoms with Crippen LogP contribution < -0.4 is 4.72 Å². The van der Waals surface area contributed by atoms with Gasteiger partial charge in [0, 0.05) is 15.8 Å². The molecule has 21 heavy (non-hydrogen) atoms. The van der Waals surface area contributed by atoms with Crippen LogP contribution in [0.15, 0.2) is 33.9 Å². The van der Waals surface area contributed by atoms with E-state index in [-0.39, 0.29) is 16.1 Å². The number of hydrogen-bond donors (Lipinski definition) is 1. The van der Waals surface area contributed by atoms with Crippen LogP contribution in [0.3, 0.4) is 0 Å². The third kappa shape index (κ3) is 3.37. The van der Waals surface area contributed by atoms with Gasteiger partial charge in [0.25, 0.3) is 10.0 Å². The maximum Gasteiger partial charge on any atom is 0.340 e. The molecule has 112 valence electrons. The van der Waals surface area contributed by atoms with E-state index in [0.29, 0.717) is 5.02 Å². The molecule has 0 aliphatic heterocycles. The van der Waals surface area contributed by atoms with Crippen molar-refractivity contribution in [2.24, 2.45) is 0 Å². The first-order chi connectivity index (χ1) is 9.85. The van der Waals surface area contributed by atoms with Crippen molar-refractivity contribution < 1.29 is 17.9 Å². The first-order valence-electron chi connectivity index (χ1n) is 5.78. The summed E-state index contributed by atoms with van der Waals surface area (Å²) in [5.41, 5.74) is 1.13. The molecular weight excluding hydrogens is 334 g/mol. The fourth-order valence-electron chi connectivity index (χ4n) is 1.59. The normalized spacial score (nSPS) is 11.2. The highest BCUT2D eigenvalue weighted by Crippen LogP contribution is 2.26. The van der Waals surface area contributed by atoms with E-state index in [0.717, 1.165) is 5.56 Å². The van der Waals surface area contributed by atoms with Crippen LogP contribution in [0.4, 0.5) is 5.69 Å². The molecule has 0 spiro atoms. The highest BCUT2D eigenvalue weighted by atomic mass is 35.5. The van der Waals surface area contributed by atoms with Gasteiger partial charge in [0.05, 0.1) is 23.3 Å². The Morgan fingerprint density at radius 1 is 1.33 bits per heavy atom. The van der Waals surface area contributed by atoms with Gasteiger partial charge in [-0.25, -0.2) is 13.2 Å². The predicted molar refractivity (Wildman–Crippen MR) is 82.7 cm³/mol. The lowest BCUT2D eigenvalue weighted by Gasteiger charge is -2.09. The van der Waals surface area contributed by atoms with Gasteiger partial charge < -0.3 is 4.74 Å². The van der Waals surface area contributed by atoms with Crippen molar-refractivity contribution in [3.63, 3.8) is 0 Å². The molecule has 1 aromatic heterocycles. The second-order valence-electron chi connectivity index (χ2n) is 4.21. The molecular formula is C13H12ClNO4S2. The number of ether oxygens (including phenoxy) is 1. The number of thiophene rings is 1. The number of esters is 1. The van der Waals surface area contributed by atoms with Crippen LogP contribution in [0, 0.1) is 6.92 Å².